The van der Waals surface area contributed by atoms with E-state index in [1.54, 1.807) is 0 Å². The first-order valence-corrected chi connectivity index (χ1v) is 7.83. The van der Waals surface area contributed by atoms with Gasteiger partial charge in [0.05, 0.1) is 0 Å². The minimum atomic E-state index is -3.08. The van der Waals surface area contributed by atoms with Crippen molar-refractivity contribution in [3.05, 3.63) is 53.8 Å². The van der Waals surface area contributed by atoms with E-state index in [1.165, 1.54) is 6.07 Å². The van der Waals surface area contributed by atoms with Crippen molar-refractivity contribution in [1.82, 2.24) is 20.1 Å². The van der Waals surface area contributed by atoms with E-state index in [-0.39, 0.29) is 0 Å². The number of ether oxygens (including phenoxy) is 1. The molecule has 0 radical (unpaired) electrons. The fourth-order valence-electron chi connectivity index (χ4n) is 2.53. The van der Waals surface area contributed by atoms with Crippen molar-refractivity contribution >= 4 is 0 Å². The van der Waals surface area contributed by atoms with Crippen LogP contribution in [0.5, 0.6) is 5.75 Å². The Morgan fingerprint density at radius 1 is 1.12 bits per heavy atom. The summed E-state index contributed by atoms with van der Waals surface area (Å²) < 4.78 is 42.4. The molecule has 0 spiro atoms. The van der Waals surface area contributed by atoms with Crippen LogP contribution < -0.4 is 4.74 Å². The molecule has 0 aliphatic carbocycles. The Morgan fingerprint density at radius 3 is 2.62 bits per heavy atom. The lowest BCUT2D eigenvalue weighted by Crippen LogP contribution is -2.10. The molecule has 8 heteroatoms. The maximum Gasteiger partial charge on any atom is 0.387 e. The van der Waals surface area contributed by atoms with Crippen molar-refractivity contribution in [3.63, 3.8) is 0 Å². The first-order valence-electron chi connectivity index (χ1n) is 7.83. The predicted molar refractivity (Wildman–Crippen MR) is 91.2 cm³/mol. The Bertz CT molecular complexity index is 896. The van der Waals surface area contributed by atoms with E-state index >= 15 is 0 Å². The van der Waals surface area contributed by atoms with Crippen molar-refractivity contribution in [3.8, 4) is 28.5 Å². The van der Waals surface area contributed by atoms with Gasteiger partial charge in [0, 0.05) is 17.7 Å². The Hall–Kier alpha value is -2.87. The van der Waals surface area contributed by atoms with Gasteiger partial charge < -0.3 is 9.64 Å². The topological polar surface area (TPSA) is 54.0 Å². The van der Waals surface area contributed by atoms with E-state index in [1.807, 2.05) is 43.3 Å². The Kier molecular flexibility index (Phi) is 5.22. The first-order chi connectivity index (χ1) is 12.4. The van der Waals surface area contributed by atoms with Crippen LogP contribution in [0, 0.1) is 5.82 Å². The fraction of sp³-hybridized carbons (Fsp3) is 0.222. The molecule has 0 fully saturated rings. The number of alkyl halides is 2. The zero-order valence-electron chi connectivity index (χ0n) is 14.2. The van der Waals surface area contributed by atoms with Crippen LogP contribution in [-0.4, -0.2) is 40.8 Å². The largest absolute Gasteiger partial charge is 0.432 e. The highest BCUT2D eigenvalue weighted by Gasteiger charge is 2.14. The van der Waals surface area contributed by atoms with Crippen LogP contribution in [0.1, 0.15) is 5.56 Å². The second kappa shape index (κ2) is 7.57. The first kappa shape index (κ1) is 17.9. The molecule has 5 nitrogen and oxygen atoms in total. The second-order valence-electron chi connectivity index (χ2n) is 5.97. The lowest BCUT2D eigenvalue weighted by molar-refractivity contribution is -0.0521. The summed E-state index contributed by atoms with van der Waals surface area (Å²) in [6, 6.07) is 11.4. The highest BCUT2D eigenvalue weighted by molar-refractivity contribution is 5.62. The van der Waals surface area contributed by atoms with Crippen molar-refractivity contribution in [2.24, 2.45) is 0 Å². The molecule has 0 saturated heterocycles. The SMILES string of the molecule is CN(C)Cc1cccc(-c2n[nH]c(-c3ccc(OC(F)F)c(F)c3)n2)c1. The summed E-state index contributed by atoms with van der Waals surface area (Å²) in [5.41, 5.74) is 2.32. The van der Waals surface area contributed by atoms with Crippen LogP contribution in [-0.2, 0) is 6.54 Å². The van der Waals surface area contributed by atoms with Crippen molar-refractivity contribution in [1.29, 1.82) is 0 Å². The standard InChI is InChI=1S/C18H17F3N4O/c1-25(2)10-11-4-3-5-12(8-11)16-22-17(24-23-16)13-6-7-15(14(19)9-13)26-18(20)21/h3-9,18H,10H2,1-2H3,(H,22,23,24). The summed E-state index contributed by atoms with van der Waals surface area (Å²) in [6.45, 7) is -2.30. The number of hydrogen-bond acceptors (Lipinski definition) is 4. The predicted octanol–water partition coefficient (Wildman–Crippen LogP) is 3.94. The molecule has 0 aliphatic rings. The van der Waals surface area contributed by atoms with Crippen LogP contribution in [0.2, 0.25) is 0 Å². The summed E-state index contributed by atoms with van der Waals surface area (Å²) in [5, 5.41) is 6.90. The van der Waals surface area contributed by atoms with E-state index in [0.717, 1.165) is 29.8 Å². The number of rotatable bonds is 6. The fourth-order valence-corrected chi connectivity index (χ4v) is 2.53. The van der Waals surface area contributed by atoms with Gasteiger partial charge in [0.25, 0.3) is 0 Å². The quantitative estimate of drug-likeness (QED) is 0.722. The molecule has 0 bridgehead atoms. The highest BCUT2D eigenvalue weighted by atomic mass is 19.3. The van der Waals surface area contributed by atoms with Crippen LogP contribution in [0.3, 0.4) is 0 Å². The molecular formula is C18H17F3N4O. The van der Waals surface area contributed by atoms with E-state index < -0.39 is 18.2 Å². The molecule has 3 rings (SSSR count). The molecule has 26 heavy (non-hydrogen) atoms. The molecular weight excluding hydrogens is 345 g/mol. The van der Waals surface area contributed by atoms with E-state index in [4.69, 9.17) is 0 Å². The molecule has 1 aromatic heterocycles. The molecule has 0 atom stereocenters. The van der Waals surface area contributed by atoms with Gasteiger partial charge in [-0.3, -0.25) is 5.10 Å². The lowest BCUT2D eigenvalue weighted by atomic mass is 10.1. The third-order valence-electron chi connectivity index (χ3n) is 3.59. The monoisotopic (exact) mass is 362 g/mol. The Balaban J connectivity index is 1.85. The minimum absolute atomic E-state index is 0.334. The van der Waals surface area contributed by atoms with Gasteiger partial charge in [-0.2, -0.15) is 13.9 Å². The van der Waals surface area contributed by atoms with Crippen molar-refractivity contribution in [2.75, 3.05) is 14.1 Å². The molecule has 0 amide bonds. The number of nitrogens with zero attached hydrogens (tertiary/aromatic N) is 3. The highest BCUT2D eigenvalue weighted by Crippen LogP contribution is 2.26. The third kappa shape index (κ3) is 4.20. The molecule has 0 unspecified atom stereocenters. The van der Waals surface area contributed by atoms with Crippen LogP contribution in [0.25, 0.3) is 22.8 Å². The number of hydrogen-bond donors (Lipinski definition) is 1. The van der Waals surface area contributed by atoms with Gasteiger partial charge in [0.15, 0.2) is 23.2 Å². The number of halogens is 3. The van der Waals surface area contributed by atoms with Gasteiger partial charge in [-0.05, 0) is 43.9 Å². The number of nitrogens with one attached hydrogen (secondary N) is 1. The summed E-state index contributed by atoms with van der Waals surface area (Å²) in [6.07, 6.45) is 0. The Morgan fingerprint density at radius 2 is 1.92 bits per heavy atom. The van der Waals surface area contributed by atoms with Gasteiger partial charge in [-0.15, -0.1) is 0 Å². The number of benzene rings is 2. The minimum Gasteiger partial charge on any atom is -0.432 e. The maximum absolute atomic E-state index is 13.9. The van der Waals surface area contributed by atoms with E-state index in [0.29, 0.717) is 17.2 Å². The van der Waals surface area contributed by atoms with Gasteiger partial charge in [-0.1, -0.05) is 18.2 Å². The maximum atomic E-state index is 13.9. The Labute approximate surface area is 148 Å². The number of H-pyrrole nitrogens is 1. The van der Waals surface area contributed by atoms with E-state index in [2.05, 4.69) is 19.9 Å². The van der Waals surface area contributed by atoms with Crippen LogP contribution in [0.4, 0.5) is 13.2 Å². The van der Waals surface area contributed by atoms with Gasteiger partial charge >= 0.3 is 6.61 Å². The van der Waals surface area contributed by atoms with Gasteiger partial charge in [-0.25, -0.2) is 9.37 Å². The lowest BCUT2D eigenvalue weighted by Gasteiger charge is -2.09. The van der Waals surface area contributed by atoms with Crippen LogP contribution in [0.15, 0.2) is 42.5 Å². The van der Waals surface area contributed by atoms with Crippen molar-refractivity contribution in [2.45, 2.75) is 13.2 Å². The third-order valence-corrected chi connectivity index (χ3v) is 3.59. The molecule has 1 N–H and O–H groups in total. The molecule has 3 aromatic rings. The number of aromatic nitrogens is 3. The van der Waals surface area contributed by atoms with Crippen LogP contribution >= 0.6 is 0 Å². The molecule has 0 aliphatic heterocycles. The normalized spacial score (nSPS) is 11.3. The molecule has 2 aromatic carbocycles. The summed E-state index contributed by atoms with van der Waals surface area (Å²) in [5.74, 6) is -0.608. The summed E-state index contributed by atoms with van der Waals surface area (Å²) in [4.78, 5) is 6.42. The smallest absolute Gasteiger partial charge is 0.387 e. The van der Waals surface area contributed by atoms with E-state index in [9.17, 15) is 13.2 Å². The van der Waals surface area contributed by atoms with Gasteiger partial charge in [0.1, 0.15) is 0 Å². The van der Waals surface area contributed by atoms with Gasteiger partial charge in [0.2, 0.25) is 0 Å². The number of aromatic amines is 1. The van der Waals surface area contributed by atoms with Crippen molar-refractivity contribution < 1.29 is 17.9 Å². The second-order valence-corrected chi connectivity index (χ2v) is 5.97. The zero-order valence-corrected chi connectivity index (χ0v) is 14.2. The zero-order chi connectivity index (χ0) is 18.7. The average Bonchev–Trinajstić information content (AvgIpc) is 3.06. The molecule has 1 heterocycles. The molecule has 0 saturated carbocycles. The average molecular weight is 362 g/mol. The summed E-state index contributed by atoms with van der Waals surface area (Å²) >= 11 is 0. The summed E-state index contributed by atoms with van der Waals surface area (Å²) in [7, 11) is 3.96. The molecule has 136 valence electrons.